The van der Waals surface area contributed by atoms with Crippen LogP contribution in [0, 0.1) is 5.82 Å². The molecule has 2 aromatic rings. The SMILES string of the molecule is C=C(C)C(=O)COc1ccc(-c2ccc(OCC(=O)C(=C)C)c(F)c2)cc1. The molecule has 0 heterocycles. The Balaban J connectivity index is 2.04. The molecular weight excluding hydrogens is 347 g/mol. The molecule has 0 atom stereocenters. The van der Waals surface area contributed by atoms with E-state index in [2.05, 4.69) is 13.2 Å². The Hall–Kier alpha value is -3.21. The Bertz CT molecular complexity index is 882. The highest BCUT2D eigenvalue weighted by atomic mass is 19.1. The lowest BCUT2D eigenvalue weighted by Gasteiger charge is -2.09. The number of Topliss-reactive ketones (excluding diaryl/α,β-unsaturated/α-hetero) is 2. The highest BCUT2D eigenvalue weighted by Gasteiger charge is 2.10. The molecule has 0 N–H and O–H groups in total. The van der Waals surface area contributed by atoms with Crippen LogP contribution in [0.2, 0.25) is 0 Å². The first-order chi connectivity index (χ1) is 12.8. The Kier molecular flexibility index (Phi) is 6.66. The summed E-state index contributed by atoms with van der Waals surface area (Å²) in [5.74, 6) is -0.464. The van der Waals surface area contributed by atoms with Crippen molar-refractivity contribution in [3.05, 3.63) is 72.6 Å². The quantitative estimate of drug-likeness (QED) is 0.610. The van der Waals surface area contributed by atoms with E-state index in [4.69, 9.17) is 9.47 Å². The van der Waals surface area contributed by atoms with E-state index < -0.39 is 5.82 Å². The lowest BCUT2D eigenvalue weighted by atomic mass is 10.1. The standard InChI is InChI=1S/C22H21FO4/c1-14(2)20(24)12-26-18-8-5-16(6-9-18)17-7-10-22(19(23)11-17)27-13-21(25)15(3)4/h5-11H,1,3,12-13H2,2,4H3. The number of ether oxygens (including phenoxy) is 2. The zero-order chi connectivity index (χ0) is 20.0. The monoisotopic (exact) mass is 368 g/mol. The summed E-state index contributed by atoms with van der Waals surface area (Å²) >= 11 is 0. The molecule has 0 saturated heterocycles. The van der Waals surface area contributed by atoms with Crippen LogP contribution < -0.4 is 9.47 Å². The molecule has 5 heteroatoms. The van der Waals surface area contributed by atoms with E-state index >= 15 is 0 Å². The summed E-state index contributed by atoms with van der Waals surface area (Å²) in [6.45, 7) is 9.98. The number of benzene rings is 2. The van der Waals surface area contributed by atoms with Crippen molar-refractivity contribution in [3.63, 3.8) is 0 Å². The van der Waals surface area contributed by atoms with Gasteiger partial charge in [-0.15, -0.1) is 0 Å². The highest BCUT2D eigenvalue weighted by molar-refractivity contribution is 5.95. The van der Waals surface area contributed by atoms with Gasteiger partial charge in [-0.3, -0.25) is 9.59 Å². The summed E-state index contributed by atoms with van der Waals surface area (Å²) in [4.78, 5) is 23.0. The third-order valence-corrected chi connectivity index (χ3v) is 3.80. The molecule has 0 aliphatic heterocycles. The van der Waals surface area contributed by atoms with Gasteiger partial charge in [-0.05, 0) is 60.4 Å². The smallest absolute Gasteiger partial charge is 0.195 e. The molecule has 0 fully saturated rings. The summed E-state index contributed by atoms with van der Waals surface area (Å²) in [5.41, 5.74) is 2.22. The second kappa shape index (κ2) is 8.94. The topological polar surface area (TPSA) is 52.6 Å². The van der Waals surface area contributed by atoms with Crippen LogP contribution in [0.3, 0.4) is 0 Å². The fraction of sp³-hybridized carbons (Fsp3) is 0.182. The Morgan fingerprint density at radius 2 is 1.37 bits per heavy atom. The molecule has 0 radical (unpaired) electrons. The van der Waals surface area contributed by atoms with Crippen molar-refractivity contribution in [2.45, 2.75) is 13.8 Å². The van der Waals surface area contributed by atoms with Gasteiger partial charge in [0.25, 0.3) is 0 Å². The lowest BCUT2D eigenvalue weighted by Crippen LogP contribution is -2.12. The molecule has 2 aromatic carbocycles. The molecule has 0 bridgehead atoms. The van der Waals surface area contributed by atoms with Gasteiger partial charge in [0.15, 0.2) is 36.3 Å². The van der Waals surface area contributed by atoms with Crippen molar-refractivity contribution in [2.24, 2.45) is 0 Å². The van der Waals surface area contributed by atoms with Crippen LogP contribution in [0.4, 0.5) is 4.39 Å². The van der Waals surface area contributed by atoms with Crippen molar-refractivity contribution in [3.8, 4) is 22.6 Å². The summed E-state index contributed by atoms with van der Waals surface area (Å²) in [7, 11) is 0. The van der Waals surface area contributed by atoms with Crippen LogP contribution in [0.1, 0.15) is 13.8 Å². The van der Waals surface area contributed by atoms with E-state index in [0.29, 0.717) is 22.5 Å². The Morgan fingerprint density at radius 3 is 1.89 bits per heavy atom. The molecule has 0 amide bonds. The third-order valence-electron chi connectivity index (χ3n) is 3.80. The van der Waals surface area contributed by atoms with Gasteiger partial charge in [-0.1, -0.05) is 31.4 Å². The number of hydrogen-bond donors (Lipinski definition) is 0. The summed E-state index contributed by atoms with van der Waals surface area (Å²) < 4.78 is 24.8. The van der Waals surface area contributed by atoms with E-state index in [1.165, 1.54) is 12.1 Å². The van der Waals surface area contributed by atoms with Crippen molar-refractivity contribution in [1.29, 1.82) is 0 Å². The maximum atomic E-state index is 14.2. The van der Waals surface area contributed by atoms with Crippen LogP contribution in [0.15, 0.2) is 66.8 Å². The summed E-state index contributed by atoms with van der Waals surface area (Å²) in [5, 5.41) is 0. The maximum Gasteiger partial charge on any atom is 0.195 e. The molecule has 2 rings (SSSR count). The van der Waals surface area contributed by atoms with Crippen molar-refractivity contribution < 1.29 is 23.5 Å². The molecule has 27 heavy (non-hydrogen) atoms. The zero-order valence-corrected chi connectivity index (χ0v) is 15.4. The van der Waals surface area contributed by atoms with E-state index in [0.717, 1.165) is 5.56 Å². The minimum Gasteiger partial charge on any atom is -0.485 e. The molecule has 0 aliphatic rings. The number of rotatable bonds is 9. The number of halogens is 1. The van der Waals surface area contributed by atoms with Crippen molar-refractivity contribution in [1.82, 2.24) is 0 Å². The van der Waals surface area contributed by atoms with Gasteiger partial charge >= 0.3 is 0 Å². The van der Waals surface area contributed by atoms with Crippen LogP contribution >= 0.6 is 0 Å². The second-order valence-electron chi connectivity index (χ2n) is 6.15. The second-order valence-corrected chi connectivity index (χ2v) is 6.15. The zero-order valence-electron chi connectivity index (χ0n) is 15.4. The molecule has 0 saturated carbocycles. The van der Waals surface area contributed by atoms with Gasteiger partial charge < -0.3 is 9.47 Å². The van der Waals surface area contributed by atoms with E-state index in [9.17, 15) is 14.0 Å². The van der Waals surface area contributed by atoms with Gasteiger partial charge in [-0.2, -0.15) is 0 Å². The minimum atomic E-state index is -0.561. The van der Waals surface area contributed by atoms with E-state index in [1.54, 1.807) is 44.2 Å². The summed E-state index contributed by atoms with van der Waals surface area (Å²) in [6, 6.07) is 11.4. The maximum absolute atomic E-state index is 14.2. The molecule has 0 spiro atoms. The first kappa shape index (κ1) is 20.1. The third kappa shape index (κ3) is 5.64. The normalized spacial score (nSPS) is 10.2. The van der Waals surface area contributed by atoms with Crippen LogP contribution in [-0.2, 0) is 9.59 Å². The van der Waals surface area contributed by atoms with Gasteiger partial charge in [0.05, 0.1) is 0 Å². The van der Waals surface area contributed by atoms with Gasteiger partial charge in [0.2, 0.25) is 0 Å². The van der Waals surface area contributed by atoms with Crippen molar-refractivity contribution >= 4 is 11.6 Å². The van der Waals surface area contributed by atoms with Gasteiger partial charge in [0.1, 0.15) is 5.75 Å². The van der Waals surface area contributed by atoms with Crippen LogP contribution in [0.5, 0.6) is 11.5 Å². The van der Waals surface area contributed by atoms with E-state index in [-0.39, 0.29) is 30.5 Å². The predicted octanol–water partition coefficient (Wildman–Crippen LogP) is 4.54. The minimum absolute atomic E-state index is 0.00612. The van der Waals surface area contributed by atoms with Gasteiger partial charge in [0, 0.05) is 0 Å². The Morgan fingerprint density at radius 1 is 0.852 bits per heavy atom. The number of ketones is 2. The van der Waals surface area contributed by atoms with E-state index in [1.807, 2.05) is 0 Å². The number of hydrogen-bond acceptors (Lipinski definition) is 4. The molecule has 0 aromatic heterocycles. The van der Waals surface area contributed by atoms with Gasteiger partial charge in [-0.25, -0.2) is 4.39 Å². The van der Waals surface area contributed by atoms with Crippen LogP contribution in [-0.4, -0.2) is 24.8 Å². The fourth-order valence-corrected chi connectivity index (χ4v) is 2.08. The average molecular weight is 368 g/mol. The average Bonchev–Trinajstić information content (AvgIpc) is 2.65. The molecule has 140 valence electrons. The number of carbonyl (C=O) groups is 2. The molecule has 0 aliphatic carbocycles. The largest absolute Gasteiger partial charge is 0.485 e. The predicted molar refractivity (Wildman–Crippen MR) is 102 cm³/mol. The van der Waals surface area contributed by atoms with Crippen LogP contribution in [0.25, 0.3) is 11.1 Å². The highest BCUT2D eigenvalue weighted by Crippen LogP contribution is 2.27. The summed E-state index contributed by atoms with van der Waals surface area (Å²) in [6.07, 6.45) is 0. The molecular formula is C22H21FO4. The Labute approximate surface area is 157 Å². The fourth-order valence-electron chi connectivity index (χ4n) is 2.08. The molecule has 4 nitrogen and oxygen atoms in total. The molecule has 0 unspecified atom stereocenters. The number of carbonyl (C=O) groups excluding carboxylic acids is 2. The lowest BCUT2D eigenvalue weighted by molar-refractivity contribution is -0.118. The first-order valence-electron chi connectivity index (χ1n) is 8.31. The van der Waals surface area contributed by atoms with Crippen molar-refractivity contribution in [2.75, 3.05) is 13.2 Å². The first-order valence-corrected chi connectivity index (χ1v) is 8.31.